The quantitative estimate of drug-likeness (QED) is 0.605. The van der Waals surface area contributed by atoms with E-state index in [2.05, 4.69) is 41.8 Å². The maximum absolute atomic E-state index is 11.9. The summed E-state index contributed by atoms with van der Waals surface area (Å²) in [5.41, 5.74) is 0.762. The molecule has 0 bridgehead atoms. The summed E-state index contributed by atoms with van der Waals surface area (Å²) < 4.78 is 12.3. The van der Waals surface area contributed by atoms with E-state index in [0.717, 1.165) is 21.4 Å². The van der Waals surface area contributed by atoms with Gasteiger partial charge in [0.25, 0.3) is 5.91 Å². The van der Waals surface area contributed by atoms with Crippen LogP contribution >= 0.6 is 22.6 Å². The van der Waals surface area contributed by atoms with E-state index in [1.807, 2.05) is 48.5 Å². The third-order valence-electron chi connectivity index (χ3n) is 3.29. The molecule has 0 atom stereocenters. The second-order valence-corrected chi connectivity index (χ2v) is 7.09. The summed E-state index contributed by atoms with van der Waals surface area (Å²) in [4.78, 5) is 11.9. The Morgan fingerprint density at radius 3 is 2.17 bits per heavy atom. The van der Waals surface area contributed by atoms with Crippen LogP contribution in [-0.4, -0.2) is 19.1 Å². The SMILES string of the molecule is CC(C)CCOc1ccc(OCC(=O)Nc2ccc(I)cc2)cc1. The number of rotatable bonds is 8. The minimum atomic E-state index is -0.187. The predicted octanol–water partition coefficient (Wildman–Crippen LogP) is 4.73. The summed E-state index contributed by atoms with van der Waals surface area (Å²) in [6, 6.07) is 14.9. The van der Waals surface area contributed by atoms with E-state index in [-0.39, 0.29) is 12.5 Å². The van der Waals surface area contributed by atoms with Gasteiger partial charge in [0.2, 0.25) is 0 Å². The third-order valence-corrected chi connectivity index (χ3v) is 4.00. The van der Waals surface area contributed by atoms with Gasteiger partial charge in [-0.25, -0.2) is 0 Å². The van der Waals surface area contributed by atoms with Crippen molar-refractivity contribution < 1.29 is 14.3 Å². The number of benzene rings is 2. The smallest absolute Gasteiger partial charge is 0.262 e. The lowest BCUT2D eigenvalue weighted by molar-refractivity contribution is -0.118. The number of anilines is 1. The minimum Gasteiger partial charge on any atom is -0.494 e. The van der Waals surface area contributed by atoms with E-state index < -0.39 is 0 Å². The molecule has 0 aromatic heterocycles. The Kier molecular flexibility index (Phi) is 7.36. The highest BCUT2D eigenvalue weighted by Gasteiger charge is 2.04. The largest absolute Gasteiger partial charge is 0.494 e. The van der Waals surface area contributed by atoms with Crippen molar-refractivity contribution >= 4 is 34.2 Å². The van der Waals surface area contributed by atoms with Gasteiger partial charge in [-0.1, -0.05) is 13.8 Å². The molecule has 4 nitrogen and oxygen atoms in total. The molecular weight excluding hydrogens is 417 g/mol. The Morgan fingerprint density at radius 2 is 1.58 bits per heavy atom. The topological polar surface area (TPSA) is 47.6 Å². The standard InChI is InChI=1S/C19H22INO3/c1-14(2)11-12-23-17-7-9-18(10-8-17)24-13-19(22)21-16-5-3-15(20)4-6-16/h3-10,14H,11-13H2,1-2H3,(H,21,22). The van der Waals surface area contributed by atoms with Crippen LogP contribution in [0.3, 0.4) is 0 Å². The number of carbonyl (C=O) groups is 1. The molecule has 1 amide bonds. The van der Waals surface area contributed by atoms with Crippen molar-refractivity contribution in [3.63, 3.8) is 0 Å². The highest BCUT2D eigenvalue weighted by molar-refractivity contribution is 14.1. The van der Waals surface area contributed by atoms with Crippen LogP contribution in [-0.2, 0) is 4.79 Å². The molecule has 0 saturated carbocycles. The Bertz CT molecular complexity index is 639. The molecule has 5 heteroatoms. The lowest BCUT2D eigenvalue weighted by atomic mass is 10.1. The van der Waals surface area contributed by atoms with Gasteiger partial charge in [0.1, 0.15) is 11.5 Å². The minimum absolute atomic E-state index is 0.0282. The van der Waals surface area contributed by atoms with Crippen molar-refractivity contribution in [3.05, 3.63) is 52.1 Å². The third kappa shape index (κ3) is 6.78. The van der Waals surface area contributed by atoms with E-state index in [1.54, 1.807) is 0 Å². The van der Waals surface area contributed by atoms with Gasteiger partial charge in [-0.15, -0.1) is 0 Å². The van der Waals surface area contributed by atoms with Crippen molar-refractivity contribution in [1.29, 1.82) is 0 Å². The predicted molar refractivity (Wildman–Crippen MR) is 105 cm³/mol. The monoisotopic (exact) mass is 439 g/mol. The molecule has 0 aliphatic rings. The Morgan fingerprint density at radius 1 is 1.00 bits per heavy atom. The molecule has 0 aliphatic heterocycles. The first-order valence-corrected chi connectivity index (χ1v) is 9.02. The summed E-state index contributed by atoms with van der Waals surface area (Å²) >= 11 is 2.22. The van der Waals surface area contributed by atoms with Crippen LogP contribution in [0.25, 0.3) is 0 Å². The van der Waals surface area contributed by atoms with Crippen molar-refractivity contribution in [2.24, 2.45) is 5.92 Å². The first-order chi connectivity index (χ1) is 11.5. The van der Waals surface area contributed by atoms with Gasteiger partial charge < -0.3 is 14.8 Å². The van der Waals surface area contributed by atoms with Gasteiger partial charge in [-0.05, 0) is 83.5 Å². The number of amides is 1. The summed E-state index contributed by atoms with van der Waals surface area (Å²) in [5, 5.41) is 2.80. The average Bonchev–Trinajstić information content (AvgIpc) is 2.56. The molecule has 0 radical (unpaired) electrons. The van der Waals surface area contributed by atoms with Crippen molar-refractivity contribution in [2.75, 3.05) is 18.5 Å². The van der Waals surface area contributed by atoms with E-state index >= 15 is 0 Å². The molecule has 2 rings (SSSR count). The van der Waals surface area contributed by atoms with E-state index in [4.69, 9.17) is 9.47 Å². The first kappa shape index (κ1) is 18.6. The van der Waals surface area contributed by atoms with Gasteiger partial charge in [0.15, 0.2) is 6.61 Å². The lowest BCUT2D eigenvalue weighted by Crippen LogP contribution is -2.20. The maximum atomic E-state index is 11.9. The zero-order valence-electron chi connectivity index (χ0n) is 13.9. The first-order valence-electron chi connectivity index (χ1n) is 7.94. The van der Waals surface area contributed by atoms with Gasteiger partial charge >= 0.3 is 0 Å². The Balaban J connectivity index is 1.75. The zero-order chi connectivity index (χ0) is 17.4. The van der Waals surface area contributed by atoms with Crippen molar-refractivity contribution in [1.82, 2.24) is 0 Å². The second kappa shape index (κ2) is 9.52. The maximum Gasteiger partial charge on any atom is 0.262 e. The van der Waals surface area contributed by atoms with E-state index in [1.165, 1.54) is 0 Å². The molecule has 0 unspecified atom stereocenters. The van der Waals surface area contributed by atoms with Crippen LogP contribution in [0, 0.1) is 9.49 Å². The fourth-order valence-corrected chi connectivity index (χ4v) is 2.28. The molecule has 2 aromatic rings. The summed E-state index contributed by atoms with van der Waals surface area (Å²) in [7, 11) is 0. The molecule has 1 N–H and O–H groups in total. The van der Waals surface area contributed by atoms with E-state index in [9.17, 15) is 4.79 Å². The second-order valence-electron chi connectivity index (χ2n) is 5.85. The van der Waals surface area contributed by atoms with Gasteiger partial charge in [-0.3, -0.25) is 4.79 Å². The summed E-state index contributed by atoms with van der Waals surface area (Å²) in [5.74, 6) is 1.89. The van der Waals surface area contributed by atoms with Crippen LogP contribution in [0.4, 0.5) is 5.69 Å². The molecule has 24 heavy (non-hydrogen) atoms. The van der Waals surface area contributed by atoms with Crippen molar-refractivity contribution in [2.45, 2.75) is 20.3 Å². The van der Waals surface area contributed by atoms with Gasteiger partial charge in [-0.2, -0.15) is 0 Å². The lowest BCUT2D eigenvalue weighted by Gasteiger charge is -2.10. The van der Waals surface area contributed by atoms with Crippen LogP contribution in [0.2, 0.25) is 0 Å². The van der Waals surface area contributed by atoms with Crippen LogP contribution < -0.4 is 14.8 Å². The number of ether oxygens (including phenoxy) is 2. The van der Waals surface area contributed by atoms with Gasteiger partial charge in [0, 0.05) is 9.26 Å². The Labute approximate surface area is 156 Å². The van der Waals surface area contributed by atoms with Crippen LogP contribution in [0.15, 0.2) is 48.5 Å². The van der Waals surface area contributed by atoms with Crippen molar-refractivity contribution in [3.8, 4) is 11.5 Å². The number of nitrogens with one attached hydrogen (secondary N) is 1. The van der Waals surface area contributed by atoms with Gasteiger partial charge in [0.05, 0.1) is 6.61 Å². The molecular formula is C19H22INO3. The number of hydrogen-bond donors (Lipinski definition) is 1. The number of carbonyl (C=O) groups excluding carboxylic acids is 1. The van der Waals surface area contributed by atoms with E-state index in [0.29, 0.717) is 18.3 Å². The molecule has 128 valence electrons. The van der Waals surface area contributed by atoms with Crippen LogP contribution in [0.5, 0.6) is 11.5 Å². The normalized spacial score (nSPS) is 10.5. The summed E-state index contributed by atoms with van der Waals surface area (Å²) in [6.45, 7) is 5.01. The fourth-order valence-electron chi connectivity index (χ4n) is 1.92. The highest BCUT2D eigenvalue weighted by Crippen LogP contribution is 2.18. The van der Waals surface area contributed by atoms with Crippen LogP contribution in [0.1, 0.15) is 20.3 Å². The molecule has 0 aliphatic carbocycles. The molecule has 0 saturated heterocycles. The molecule has 0 fully saturated rings. The zero-order valence-corrected chi connectivity index (χ0v) is 16.1. The Hall–Kier alpha value is -1.76. The molecule has 0 heterocycles. The molecule has 0 spiro atoms. The number of halogens is 1. The summed E-state index contributed by atoms with van der Waals surface area (Å²) in [6.07, 6.45) is 1.02. The fraction of sp³-hybridized carbons (Fsp3) is 0.316. The molecule has 2 aromatic carbocycles. The highest BCUT2D eigenvalue weighted by atomic mass is 127. The average molecular weight is 439 g/mol. The number of hydrogen-bond acceptors (Lipinski definition) is 3.